The SMILES string of the molecule is C1=C2NOC=C2NO1. The standard InChI is InChI=1S/C4H4N2O2/c1-3-4(6-7-1)2-8-5-3/h1-2,5-6H. The van der Waals surface area contributed by atoms with Crippen molar-refractivity contribution in [2.24, 2.45) is 0 Å². The van der Waals surface area contributed by atoms with E-state index in [4.69, 9.17) is 0 Å². The number of nitrogens with one attached hydrogen (secondary N) is 2. The van der Waals surface area contributed by atoms with Gasteiger partial charge in [-0.05, 0) is 0 Å². The minimum atomic E-state index is 0.838. The Morgan fingerprint density at radius 3 is 2.00 bits per heavy atom. The van der Waals surface area contributed by atoms with Gasteiger partial charge in [0, 0.05) is 0 Å². The van der Waals surface area contributed by atoms with Crippen LogP contribution >= 0.6 is 0 Å². The molecule has 42 valence electrons. The second-order valence-corrected chi connectivity index (χ2v) is 1.50. The highest BCUT2D eigenvalue weighted by atomic mass is 16.7. The first-order valence-electron chi connectivity index (χ1n) is 2.21. The molecular formula is C4H4N2O2. The molecule has 0 bridgehead atoms. The molecule has 0 aromatic rings. The molecule has 0 radical (unpaired) electrons. The van der Waals surface area contributed by atoms with Gasteiger partial charge < -0.3 is 9.68 Å². The maximum Gasteiger partial charge on any atom is 0.147 e. The van der Waals surface area contributed by atoms with Crippen LogP contribution in [0.4, 0.5) is 0 Å². The van der Waals surface area contributed by atoms with Gasteiger partial charge in [-0.3, -0.25) is 0 Å². The molecule has 0 spiro atoms. The number of hydroxylamine groups is 2. The highest BCUT2D eigenvalue weighted by Gasteiger charge is 2.17. The van der Waals surface area contributed by atoms with Gasteiger partial charge in [-0.1, -0.05) is 0 Å². The fourth-order valence-electron chi connectivity index (χ4n) is 0.589. The first-order chi connectivity index (χ1) is 3.97. The highest BCUT2D eigenvalue weighted by molar-refractivity contribution is 5.28. The van der Waals surface area contributed by atoms with Crippen LogP contribution in [0.3, 0.4) is 0 Å². The molecule has 0 atom stereocenters. The van der Waals surface area contributed by atoms with Gasteiger partial charge in [0.25, 0.3) is 0 Å². The van der Waals surface area contributed by atoms with E-state index in [1.807, 2.05) is 0 Å². The Labute approximate surface area is 45.7 Å². The fraction of sp³-hybridized carbons (Fsp3) is 0. The fourth-order valence-corrected chi connectivity index (χ4v) is 0.589. The van der Waals surface area contributed by atoms with Gasteiger partial charge in [-0.15, -0.1) is 0 Å². The minimum absolute atomic E-state index is 0.838. The Hall–Kier alpha value is -1.32. The van der Waals surface area contributed by atoms with Crippen LogP contribution in [0.1, 0.15) is 0 Å². The van der Waals surface area contributed by atoms with Crippen LogP contribution in [-0.4, -0.2) is 0 Å². The van der Waals surface area contributed by atoms with Crippen molar-refractivity contribution in [2.45, 2.75) is 0 Å². The molecule has 4 nitrogen and oxygen atoms in total. The summed E-state index contributed by atoms with van der Waals surface area (Å²) in [5, 5.41) is 0. The van der Waals surface area contributed by atoms with E-state index in [2.05, 4.69) is 20.6 Å². The Bertz CT molecular complexity index is 153. The van der Waals surface area contributed by atoms with Gasteiger partial charge in [0.05, 0.1) is 0 Å². The Morgan fingerprint density at radius 1 is 1.00 bits per heavy atom. The molecule has 0 saturated heterocycles. The zero-order valence-corrected chi connectivity index (χ0v) is 3.97. The molecule has 2 aliphatic rings. The lowest BCUT2D eigenvalue weighted by Gasteiger charge is -1.89. The molecule has 2 heterocycles. The number of hydrogen-bond donors (Lipinski definition) is 2. The Kier molecular flexibility index (Phi) is 0.498. The first-order valence-corrected chi connectivity index (χ1v) is 2.21. The number of rotatable bonds is 0. The van der Waals surface area contributed by atoms with Crippen molar-refractivity contribution in [1.29, 1.82) is 0 Å². The van der Waals surface area contributed by atoms with Gasteiger partial charge in [0.1, 0.15) is 23.9 Å². The molecule has 2 N–H and O–H groups in total. The Balaban J connectivity index is 2.37. The van der Waals surface area contributed by atoms with Crippen molar-refractivity contribution in [3.63, 3.8) is 0 Å². The molecule has 0 amide bonds. The van der Waals surface area contributed by atoms with Crippen LogP contribution in [0.15, 0.2) is 23.9 Å². The molecular weight excluding hydrogens is 108 g/mol. The molecule has 0 aromatic carbocycles. The summed E-state index contributed by atoms with van der Waals surface area (Å²) in [6, 6.07) is 0. The van der Waals surface area contributed by atoms with E-state index >= 15 is 0 Å². The van der Waals surface area contributed by atoms with E-state index in [1.165, 1.54) is 0 Å². The van der Waals surface area contributed by atoms with Crippen molar-refractivity contribution in [1.82, 2.24) is 11.0 Å². The molecule has 0 aromatic heterocycles. The predicted octanol–water partition coefficient (Wildman–Crippen LogP) is -0.261. The first kappa shape index (κ1) is 3.65. The summed E-state index contributed by atoms with van der Waals surface area (Å²) < 4.78 is 0. The number of hydrogen-bond acceptors (Lipinski definition) is 4. The van der Waals surface area contributed by atoms with Crippen LogP contribution in [0.5, 0.6) is 0 Å². The van der Waals surface area contributed by atoms with E-state index in [-0.39, 0.29) is 0 Å². The van der Waals surface area contributed by atoms with Gasteiger partial charge in [0.15, 0.2) is 0 Å². The third kappa shape index (κ3) is 0.294. The van der Waals surface area contributed by atoms with Crippen molar-refractivity contribution >= 4 is 0 Å². The summed E-state index contributed by atoms with van der Waals surface area (Å²) >= 11 is 0. The second kappa shape index (κ2) is 1.09. The average molecular weight is 112 g/mol. The van der Waals surface area contributed by atoms with E-state index in [0.29, 0.717) is 0 Å². The monoisotopic (exact) mass is 112 g/mol. The summed E-state index contributed by atoms with van der Waals surface area (Å²) in [6.07, 6.45) is 3.08. The Morgan fingerprint density at radius 2 is 1.50 bits per heavy atom. The lowest BCUT2D eigenvalue weighted by molar-refractivity contribution is 0.157. The van der Waals surface area contributed by atoms with Crippen molar-refractivity contribution in [3.05, 3.63) is 23.9 Å². The summed E-state index contributed by atoms with van der Waals surface area (Å²) in [6.45, 7) is 0. The maximum absolute atomic E-state index is 4.69. The molecule has 0 unspecified atom stereocenters. The van der Waals surface area contributed by atoms with Crippen LogP contribution in [0.2, 0.25) is 0 Å². The summed E-state index contributed by atoms with van der Waals surface area (Å²) in [5.74, 6) is 0. The summed E-state index contributed by atoms with van der Waals surface area (Å²) in [4.78, 5) is 9.38. The van der Waals surface area contributed by atoms with E-state index in [1.54, 1.807) is 12.5 Å². The summed E-state index contributed by atoms with van der Waals surface area (Å²) in [5.41, 5.74) is 6.88. The zero-order chi connectivity index (χ0) is 5.40. The average Bonchev–Trinajstić information content (AvgIpc) is 2.15. The van der Waals surface area contributed by atoms with E-state index in [0.717, 1.165) is 11.4 Å². The van der Waals surface area contributed by atoms with Gasteiger partial charge in [-0.2, -0.15) is 0 Å². The van der Waals surface area contributed by atoms with Gasteiger partial charge >= 0.3 is 0 Å². The lowest BCUT2D eigenvalue weighted by atomic mass is 10.4. The largest absolute Gasteiger partial charge is 0.387 e. The molecule has 2 rings (SSSR count). The van der Waals surface area contributed by atoms with Crippen LogP contribution in [0, 0.1) is 0 Å². The van der Waals surface area contributed by atoms with E-state index < -0.39 is 0 Å². The molecule has 0 saturated carbocycles. The van der Waals surface area contributed by atoms with Crippen molar-refractivity contribution in [2.75, 3.05) is 0 Å². The third-order valence-corrected chi connectivity index (χ3v) is 0.981. The van der Waals surface area contributed by atoms with Crippen molar-refractivity contribution < 1.29 is 9.68 Å². The maximum atomic E-state index is 4.69. The molecule has 4 heteroatoms. The molecule has 2 aliphatic heterocycles. The summed E-state index contributed by atoms with van der Waals surface area (Å²) in [7, 11) is 0. The van der Waals surface area contributed by atoms with Gasteiger partial charge in [0.2, 0.25) is 0 Å². The normalized spacial score (nSPS) is 21.0. The molecule has 8 heavy (non-hydrogen) atoms. The van der Waals surface area contributed by atoms with Gasteiger partial charge in [-0.25, -0.2) is 11.0 Å². The van der Waals surface area contributed by atoms with E-state index in [9.17, 15) is 0 Å². The predicted molar refractivity (Wildman–Crippen MR) is 24.6 cm³/mol. The van der Waals surface area contributed by atoms with Crippen molar-refractivity contribution in [3.8, 4) is 0 Å². The highest BCUT2D eigenvalue weighted by Crippen LogP contribution is 2.14. The molecule has 0 fully saturated rings. The van der Waals surface area contributed by atoms with Crippen LogP contribution in [-0.2, 0) is 9.68 Å². The third-order valence-electron chi connectivity index (χ3n) is 0.981. The second-order valence-electron chi connectivity index (χ2n) is 1.50. The zero-order valence-electron chi connectivity index (χ0n) is 3.97. The molecule has 0 aliphatic carbocycles. The minimum Gasteiger partial charge on any atom is -0.387 e. The lowest BCUT2D eigenvalue weighted by Crippen LogP contribution is -2.05. The number of fused-ring (bicyclic) bond motifs is 1. The quantitative estimate of drug-likeness (QED) is 0.453. The van der Waals surface area contributed by atoms with Crippen LogP contribution in [0.25, 0.3) is 0 Å². The smallest absolute Gasteiger partial charge is 0.147 e. The topological polar surface area (TPSA) is 42.5 Å². The van der Waals surface area contributed by atoms with Crippen LogP contribution < -0.4 is 11.0 Å².